The Morgan fingerprint density at radius 3 is 2.56 bits per heavy atom. The van der Waals surface area contributed by atoms with E-state index in [4.69, 9.17) is 0 Å². The van der Waals surface area contributed by atoms with Crippen molar-refractivity contribution in [1.82, 2.24) is 0 Å². The highest BCUT2D eigenvalue weighted by atomic mass is 32.1. The highest BCUT2D eigenvalue weighted by molar-refractivity contribution is 7.81. The molecule has 0 radical (unpaired) electrons. The number of halogens is 2. The van der Waals surface area contributed by atoms with Crippen molar-refractivity contribution >= 4 is 24.6 Å². The second-order valence-electron chi connectivity index (χ2n) is 2.98. The molecule has 1 unspecified atom stereocenters. The molecule has 0 aliphatic carbocycles. The minimum absolute atomic E-state index is 0.302. The average molecular weight is 254 g/mol. The molecule has 0 amide bonds. The normalized spacial score (nSPS) is 12.8. The van der Waals surface area contributed by atoms with E-state index in [2.05, 4.69) is 28.7 Å². The lowest BCUT2D eigenvalue weighted by atomic mass is 10.3. The molecule has 92 valence electrons. The summed E-state index contributed by atoms with van der Waals surface area (Å²) >= 11 is 2.88. The molecule has 0 spiro atoms. The van der Waals surface area contributed by atoms with Crippen LogP contribution in [0.3, 0.4) is 0 Å². The lowest BCUT2D eigenvalue weighted by Gasteiger charge is -2.13. The van der Waals surface area contributed by atoms with Gasteiger partial charge in [-0.2, -0.15) is 8.78 Å². The minimum Gasteiger partial charge on any atom is -0.459 e. The van der Waals surface area contributed by atoms with Crippen LogP contribution in [0.1, 0.15) is 13.3 Å². The van der Waals surface area contributed by atoms with E-state index in [1.807, 2.05) is 0 Å². The summed E-state index contributed by atoms with van der Waals surface area (Å²) < 4.78 is 33.2. The topological polar surface area (TPSA) is 52.6 Å². The number of hydrogen-bond donors (Lipinski definition) is 1. The third kappa shape index (κ3) is 8.22. The monoisotopic (exact) mass is 254 g/mol. The zero-order chi connectivity index (χ0) is 12.8. The van der Waals surface area contributed by atoms with Gasteiger partial charge in [0.15, 0.2) is 6.61 Å². The highest BCUT2D eigenvalue weighted by Crippen LogP contribution is 2.18. The average Bonchev–Trinajstić information content (AvgIpc) is 2.13. The summed E-state index contributed by atoms with van der Waals surface area (Å²) in [5.41, 5.74) is 0. The molecule has 16 heavy (non-hydrogen) atoms. The number of rotatable bonds is 6. The van der Waals surface area contributed by atoms with E-state index in [0.717, 1.165) is 6.08 Å². The van der Waals surface area contributed by atoms with Crippen LogP contribution >= 0.6 is 12.6 Å². The fourth-order valence-corrected chi connectivity index (χ4v) is 0.814. The SMILES string of the molecule is C=CC(=O)OC(C)CC(=O)OCC(F)(F)S. The number of carbonyl (C=O) groups is 2. The molecule has 0 heterocycles. The summed E-state index contributed by atoms with van der Waals surface area (Å²) in [6.07, 6.45) is -0.126. The van der Waals surface area contributed by atoms with Crippen molar-refractivity contribution in [3.63, 3.8) is 0 Å². The minimum atomic E-state index is -3.36. The molecule has 7 heteroatoms. The smallest absolute Gasteiger partial charge is 0.330 e. The van der Waals surface area contributed by atoms with Gasteiger partial charge in [0.25, 0.3) is 0 Å². The van der Waals surface area contributed by atoms with Gasteiger partial charge in [-0.15, -0.1) is 12.6 Å². The highest BCUT2D eigenvalue weighted by Gasteiger charge is 2.25. The predicted molar refractivity (Wildman–Crippen MR) is 55.3 cm³/mol. The van der Waals surface area contributed by atoms with E-state index in [-0.39, 0.29) is 6.42 Å². The van der Waals surface area contributed by atoms with E-state index in [1.165, 1.54) is 6.92 Å². The molecule has 4 nitrogen and oxygen atoms in total. The molecule has 0 rings (SSSR count). The van der Waals surface area contributed by atoms with Crippen LogP contribution in [-0.4, -0.2) is 29.9 Å². The van der Waals surface area contributed by atoms with E-state index >= 15 is 0 Å². The van der Waals surface area contributed by atoms with Crippen molar-refractivity contribution in [2.45, 2.75) is 24.7 Å². The Morgan fingerprint density at radius 1 is 1.56 bits per heavy atom. The fraction of sp³-hybridized carbons (Fsp3) is 0.556. The van der Waals surface area contributed by atoms with Crippen LogP contribution in [0, 0.1) is 0 Å². The van der Waals surface area contributed by atoms with E-state index < -0.39 is 29.9 Å². The zero-order valence-electron chi connectivity index (χ0n) is 8.61. The Bertz CT molecular complexity index is 275. The van der Waals surface area contributed by atoms with Gasteiger partial charge in [0.1, 0.15) is 6.10 Å². The Hall–Kier alpha value is -1.11. The Labute approximate surface area is 97.0 Å². The Kier molecular flexibility index (Phi) is 6.02. The molecule has 0 aliphatic heterocycles. The molecular formula is C9H12F2O4S. The summed E-state index contributed by atoms with van der Waals surface area (Å²) in [6, 6.07) is 0. The maximum atomic E-state index is 12.2. The van der Waals surface area contributed by atoms with Gasteiger partial charge < -0.3 is 9.47 Å². The number of alkyl halides is 2. The largest absolute Gasteiger partial charge is 0.459 e. The Balaban J connectivity index is 3.87. The molecule has 0 fully saturated rings. The molecule has 0 saturated carbocycles. The van der Waals surface area contributed by atoms with Crippen LogP contribution in [0.4, 0.5) is 8.78 Å². The first-order chi connectivity index (χ1) is 7.24. The summed E-state index contributed by atoms with van der Waals surface area (Å²) in [4.78, 5) is 21.7. The van der Waals surface area contributed by atoms with Gasteiger partial charge in [-0.1, -0.05) is 6.58 Å². The first-order valence-electron chi connectivity index (χ1n) is 4.33. The number of thiol groups is 1. The van der Waals surface area contributed by atoms with Crippen molar-refractivity contribution in [2.24, 2.45) is 0 Å². The fourth-order valence-electron chi connectivity index (χ4n) is 0.749. The quantitative estimate of drug-likeness (QED) is 0.444. The van der Waals surface area contributed by atoms with Crippen LogP contribution < -0.4 is 0 Å². The van der Waals surface area contributed by atoms with Gasteiger partial charge in [-0.05, 0) is 6.92 Å². The predicted octanol–water partition coefficient (Wildman–Crippen LogP) is 1.56. The molecule has 0 saturated heterocycles. The van der Waals surface area contributed by atoms with E-state index in [0.29, 0.717) is 0 Å². The van der Waals surface area contributed by atoms with Gasteiger partial charge >= 0.3 is 17.2 Å². The number of ether oxygens (including phenoxy) is 2. The summed E-state index contributed by atoms with van der Waals surface area (Å²) in [7, 11) is 0. The summed E-state index contributed by atoms with van der Waals surface area (Å²) in [5.74, 6) is -1.59. The van der Waals surface area contributed by atoms with Gasteiger partial charge in [0.2, 0.25) is 0 Å². The van der Waals surface area contributed by atoms with Gasteiger partial charge in [0.05, 0.1) is 6.42 Å². The second kappa shape index (κ2) is 6.47. The van der Waals surface area contributed by atoms with Crippen molar-refractivity contribution in [3.8, 4) is 0 Å². The van der Waals surface area contributed by atoms with Crippen molar-refractivity contribution in [1.29, 1.82) is 0 Å². The molecule has 0 aliphatic rings. The molecule has 0 bridgehead atoms. The number of esters is 2. The maximum absolute atomic E-state index is 12.2. The molecule has 1 atom stereocenters. The van der Waals surface area contributed by atoms with E-state index in [1.54, 1.807) is 0 Å². The zero-order valence-corrected chi connectivity index (χ0v) is 9.51. The number of hydrogen-bond acceptors (Lipinski definition) is 5. The Morgan fingerprint density at radius 2 is 2.12 bits per heavy atom. The summed E-state index contributed by atoms with van der Waals surface area (Å²) in [6.45, 7) is 3.48. The molecule has 0 N–H and O–H groups in total. The summed E-state index contributed by atoms with van der Waals surface area (Å²) in [5, 5.41) is -3.36. The van der Waals surface area contributed by atoms with Gasteiger partial charge in [-0.3, -0.25) is 4.79 Å². The lowest BCUT2D eigenvalue weighted by molar-refractivity contribution is -0.154. The van der Waals surface area contributed by atoms with Gasteiger partial charge in [-0.25, -0.2) is 4.79 Å². The third-order valence-electron chi connectivity index (χ3n) is 1.34. The van der Waals surface area contributed by atoms with Crippen molar-refractivity contribution in [3.05, 3.63) is 12.7 Å². The maximum Gasteiger partial charge on any atom is 0.330 e. The van der Waals surface area contributed by atoms with Gasteiger partial charge in [0, 0.05) is 6.08 Å². The first kappa shape index (κ1) is 14.9. The van der Waals surface area contributed by atoms with Crippen LogP contribution in [0.25, 0.3) is 0 Å². The molecule has 0 aromatic heterocycles. The van der Waals surface area contributed by atoms with E-state index in [9.17, 15) is 18.4 Å². The molecule has 0 aromatic rings. The molecular weight excluding hydrogens is 242 g/mol. The van der Waals surface area contributed by atoms with Crippen LogP contribution in [0.5, 0.6) is 0 Å². The van der Waals surface area contributed by atoms with Crippen molar-refractivity contribution < 1.29 is 27.8 Å². The lowest BCUT2D eigenvalue weighted by Crippen LogP contribution is -2.23. The molecule has 0 aromatic carbocycles. The van der Waals surface area contributed by atoms with Crippen LogP contribution in [0.15, 0.2) is 12.7 Å². The first-order valence-corrected chi connectivity index (χ1v) is 4.78. The third-order valence-corrected chi connectivity index (χ3v) is 1.47. The van der Waals surface area contributed by atoms with Crippen LogP contribution in [-0.2, 0) is 19.1 Å². The standard InChI is InChI=1S/C9H12F2O4S/c1-3-7(12)15-6(2)4-8(13)14-5-9(10,11)16/h3,6,16H,1,4-5H2,2H3. The second-order valence-corrected chi connectivity index (χ2v) is 3.64. The van der Waals surface area contributed by atoms with Crippen LogP contribution in [0.2, 0.25) is 0 Å². The number of carbonyl (C=O) groups excluding carboxylic acids is 2. The van der Waals surface area contributed by atoms with Crippen molar-refractivity contribution in [2.75, 3.05) is 6.61 Å².